The summed E-state index contributed by atoms with van der Waals surface area (Å²) in [5.41, 5.74) is 1.37. The molecule has 0 aliphatic heterocycles. The Hall–Kier alpha value is -1.91. The number of unbranched alkanes of at least 4 members (excludes halogenated alkanes) is 2. The van der Waals surface area contributed by atoms with Crippen LogP contribution in [0.15, 0.2) is 18.5 Å². The van der Waals surface area contributed by atoms with Crippen molar-refractivity contribution in [3.8, 4) is 0 Å². The summed E-state index contributed by atoms with van der Waals surface area (Å²) in [7, 11) is 0. The lowest BCUT2D eigenvalue weighted by Gasteiger charge is -2.12. The zero-order chi connectivity index (χ0) is 14.5. The van der Waals surface area contributed by atoms with Gasteiger partial charge in [-0.1, -0.05) is 33.1 Å². The number of aromatic nitrogens is 3. The summed E-state index contributed by atoms with van der Waals surface area (Å²) < 4.78 is 1.57. The second-order valence-electron chi connectivity index (χ2n) is 5.05. The number of rotatable bonds is 7. The van der Waals surface area contributed by atoms with E-state index in [4.69, 9.17) is 0 Å². The van der Waals surface area contributed by atoms with Crippen LogP contribution in [0.3, 0.4) is 0 Å². The minimum absolute atomic E-state index is 0.189. The van der Waals surface area contributed by atoms with Crippen molar-refractivity contribution < 1.29 is 9.90 Å². The molecule has 5 heteroatoms. The van der Waals surface area contributed by atoms with E-state index in [9.17, 15) is 9.90 Å². The lowest BCUT2D eigenvalue weighted by atomic mass is 9.93. The molecule has 0 aliphatic carbocycles. The number of hydrogen-bond donors (Lipinski definition) is 1. The van der Waals surface area contributed by atoms with Crippen molar-refractivity contribution in [3.63, 3.8) is 0 Å². The van der Waals surface area contributed by atoms with Crippen LogP contribution < -0.4 is 0 Å². The first-order valence-corrected chi connectivity index (χ1v) is 7.25. The normalized spacial score (nSPS) is 12.7. The highest BCUT2D eigenvalue weighted by Crippen LogP contribution is 2.29. The first-order valence-electron chi connectivity index (χ1n) is 7.25. The third kappa shape index (κ3) is 2.81. The van der Waals surface area contributed by atoms with Crippen molar-refractivity contribution in [3.05, 3.63) is 29.7 Å². The second-order valence-corrected chi connectivity index (χ2v) is 5.05. The number of carbonyl (C=O) groups is 1. The van der Waals surface area contributed by atoms with Gasteiger partial charge in [-0.05, 0) is 18.9 Å². The Kier molecular flexibility index (Phi) is 4.71. The van der Waals surface area contributed by atoms with E-state index < -0.39 is 5.97 Å². The van der Waals surface area contributed by atoms with Crippen molar-refractivity contribution >= 4 is 11.6 Å². The third-order valence-corrected chi connectivity index (χ3v) is 3.67. The van der Waals surface area contributed by atoms with E-state index in [1.165, 1.54) is 6.42 Å². The lowest BCUT2D eigenvalue weighted by Crippen LogP contribution is -2.06. The van der Waals surface area contributed by atoms with E-state index in [-0.39, 0.29) is 11.5 Å². The minimum Gasteiger partial charge on any atom is -0.477 e. The molecule has 2 aromatic rings. The van der Waals surface area contributed by atoms with E-state index in [0.717, 1.165) is 25.7 Å². The van der Waals surface area contributed by atoms with Gasteiger partial charge in [-0.25, -0.2) is 14.3 Å². The van der Waals surface area contributed by atoms with Gasteiger partial charge >= 0.3 is 5.97 Å². The van der Waals surface area contributed by atoms with Crippen LogP contribution in [0.4, 0.5) is 0 Å². The molecule has 0 saturated carbocycles. The summed E-state index contributed by atoms with van der Waals surface area (Å²) in [5.74, 6) is -0.753. The van der Waals surface area contributed by atoms with E-state index in [0.29, 0.717) is 11.3 Å². The smallest absolute Gasteiger partial charge is 0.341 e. The first kappa shape index (κ1) is 14.5. The molecule has 1 N–H and O–H groups in total. The standard InChI is InChI=1S/C15H21N3O2/c1-3-5-6-8-11(4-2)13-12(15(19)20)14-16-9-7-10-18(14)17-13/h7,9-11H,3-6,8H2,1-2H3,(H,19,20). The molecule has 0 aromatic carbocycles. The molecule has 0 aliphatic rings. The number of carboxylic acids is 1. The van der Waals surface area contributed by atoms with E-state index >= 15 is 0 Å². The summed E-state index contributed by atoms with van der Waals surface area (Å²) in [4.78, 5) is 15.7. The van der Waals surface area contributed by atoms with Gasteiger partial charge in [0.15, 0.2) is 5.65 Å². The van der Waals surface area contributed by atoms with Crippen molar-refractivity contribution in [2.75, 3.05) is 0 Å². The summed E-state index contributed by atoms with van der Waals surface area (Å²) in [6, 6.07) is 1.76. The summed E-state index contributed by atoms with van der Waals surface area (Å²) in [6.07, 6.45) is 8.67. The van der Waals surface area contributed by atoms with E-state index in [1.807, 2.05) is 0 Å². The average molecular weight is 275 g/mol. The molecule has 1 unspecified atom stereocenters. The monoisotopic (exact) mass is 275 g/mol. The first-order chi connectivity index (χ1) is 9.69. The van der Waals surface area contributed by atoms with Gasteiger partial charge in [0.2, 0.25) is 0 Å². The molecule has 2 rings (SSSR count). The summed E-state index contributed by atoms with van der Waals surface area (Å²) in [5, 5.41) is 13.9. The minimum atomic E-state index is -0.942. The maximum atomic E-state index is 11.6. The van der Waals surface area contributed by atoms with Crippen LogP contribution in [-0.4, -0.2) is 25.7 Å². The highest BCUT2D eigenvalue weighted by Gasteiger charge is 2.25. The van der Waals surface area contributed by atoms with Crippen LogP contribution in [0.25, 0.3) is 5.65 Å². The fourth-order valence-electron chi connectivity index (χ4n) is 2.57. The number of nitrogens with zero attached hydrogens (tertiary/aromatic N) is 3. The number of hydrogen-bond acceptors (Lipinski definition) is 3. The van der Waals surface area contributed by atoms with Gasteiger partial charge in [0, 0.05) is 18.3 Å². The van der Waals surface area contributed by atoms with Crippen LogP contribution in [0.2, 0.25) is 0 Å². The van der Waals surface area contributed by atoms with Gasteiger partial charge in [-0.15, -0.1) is 0 Å². The van der Waals surface area contributed by atoms with Crippen LogP contribution in [0.1, 0.15) is 67.9 Å². The van der Waals surface area contributed by atoms with Gasteiger partial charge < -0.3 is 5.11 Å². The van der Waals surface area contributed by atoms with Crippen molar-refractivity contribution in [1.29, 1.82) is 0 Å². The fourth-order valence-corrected chi connectivity index (χ4v) is 2.57. The van der Waals surface area contributed by atoms with Gasteiger partial charge in [-0.2, -0.15) is 5.10 Å². The third-order valence-electron chi connectivity index (χ3n) is 3.67. The Balaban J connectivity index is 2.40. The Labute approximate surface area is 118 Å². The Morgan fingerprint density at radius 3 is 2.85 bits per heavy atom. The predicted octanol–water partition coefficient (Wildman–Crippen LogP) is 3.50. The number of carboxylic acid groups (broad SMARTS) is 1. The molecular formula is C15H21N3O2. The zero-order valence-electron chi connectivity index (χ0n) is 12.0. The highest BCUT2D eigenvalue weighted by molar-refractivity contribution is 5.95. The number of aromatic carboxylic acids is 1. The lowest BCUT2D eigenvalue weighted by molar-refractivity contribution is 0.0697. The van der Waals surface area contributed by atoms with Crippen LogP contribution in [0, 0.1) is 0 Å². The van der Waals surface area contributed by atoms with Crippen LogP contribution >= 0.6 is 0 Å². The van der Waals surface area contributed by atoms with Gasteiger partial charge in [0.1, 0.15) is 5.56 Å². The molecule has 0 saturated heterocycles. The Morgan fingerprint density at radius 2 is 2.20 bits per heavy atom. The second kappa shape index (κ2) is 6.50. The van der Waals surface area contributed by atoms with Gasteiger partial charge in [0.05, 0.1) is 5.69 Å². The molecule has 0 amide bonds. The van der Waals surface area contributed by atoms with Crippen molar-refractivity contribution in [2.45, 2.75) is 51.9 Å². The quantitative estimate of drug-likeness (QED) is 0.785. The molecule has 0 radical (unpaired) electrons. The number of fused-ring (bicyclic) bond motifs is 1. The molecular weight excluding hydrogens is 254 g/mol. The molecule has 1 atom stereocenters. The van der Waals surface area contributed by atoms with Crippen molar-refractivity contribution in [1.82, 2.24) is 14.6 Å². The molecule has 2 heterocycles. The predicted molar refractivity (Wildman–Crippen MR) is 77.1 cm³/mol. The molecule has 5 nitrogen and oxygen atoms in total. The van der Waals surface area contributed by atoms with Crippen LogP contribution in [-0.2, 0) is 0 Å². The Morgan fingerprint density at radius 1 is 1.40 bits per heavy atom. The summed E-state index contributed by atoms with van der Waals surface area (Å²) >= 11 is 0. The molecule has 2 aromatic heterocycles. The molecule has 20 heavy (non-hydrogen) atoms. The SMILES string of the molecule is CCCCCC(CC)c1nn2cccnc2c1C(=O)O. The zero-order valence-corrected chi connectivity index (χ0v) is 12.0. The van der Waals surface area contributed by atoms with Crippen molar-refractivity contribution in [2.24, 2.45) is 0 Å². The van der Waals surface area contributed by atoms with E-state index in [2.05, 4.69) is 23.9 Å². The fraction of sp³-hybridized carbons (Fsp3) is 0.533. The molecule has 0 spiro atoms. The maximum absolute atomic E-state index is 11.6. The Bertz CT molecular complexity index is 592. The molecule has 0 fully saturated rings. The average Bonchev–Trinajstić information content (AvgIpc) is 2.82. The molecule has 108 valence electrons. The largest absolute Gasteiger partial charge is 0.477 e. The van der Waals surface area contributed by atoms with Gasteiger partial charge in [0.25, 0.3) is 0 Å². The maximum Gasteiger partial charge on any atom is 0.341 e. The van der Waals surface area contributed by atoms with Crippen LogP contribution in [0.5, 0.6) is 0 Å². The highest BCUT2D eigenvalue weighted by atomic mass is 16.4. The van der Waals surface area contributed by atoms with E-state index in [1.54, 1.807) is 23.0 Å². The van der Waals surface area contributed by atoms with Gasteiger partial charge in [-0.3, -0.25) is 0 Å². The molecule has 0 bridgehead atoms. The summed E-state index contributed by atoms with van der Waals surface area (Å²) in [6.45, 7) is 4.25. The topological polar surface area (TPSA) is 67.5 Å².